The molecule has 1 aliphatic heterocycles. The van der Waals surface area contributed by atoms with Crippen molar-refractivity contribution in [2.75, 3.05) is 19.3 Å². The number of amidine groups is 1. The van der Waals surface area contributed by atoms with E-state index < -0.39 is 0 Å². The van der Waals surface area contributed by atoms with Crippen molar-refractivity contribution < 1.29 is 4.79 Å². The first kappa shape index (κ1) is 8.59. The number of carbonyl (C=O) groups excluding carboxylic acids is 1. The van der Waals surface area contributed by atoms with Crippen LogP contribution in [-0.4, -0.2) is 35.3 Å². The highest BCUT2D eigenvalue weighted by atomic mass is 32.2. The van der Waals surface area contributed by atoms with Gasteiger partial charge in [0, 0.05) is 13.6 Å². The van der Waals surface area contributed by atoms with Gasteiger partial charge in [-0.1, -0.05) is 18.7 Å². The molecule has 1 aliphatic rings. The van der Waals surface area contributed by atoms with E-state index in [2.05, 4.69) is 11.9 Å². The third-order valence-electron chi connectivity index (χ3n) is 1.46. The van der Waals surface area contributed by atoms with Gasteiger partial charge in [0.1, 0.15) is 0 Å². The molecule has 1 heterocycles. The number of rotatable bonds is 2. The normalized spacial score (nSPS) is 21.8. The maximum absolute atomic E-state index is 11.0. The van der Waals surface area contributed by atoms with E-state index in [9.17, 15) is 4.79 Å². The lowest BCUT2D eigenvalue weighted by molar-refractivity contribution is -0.123. The molecule has 0 spiro atoms. The molecular weight excluding hydrogens is 160 g/mol. The number of nitrogens with zero attached hydrogens (tertiary/aromatic N) is 2. The van der Waals surface area contributed by atoms with Gasteiger partial charge in [-0.3, -0.25) is 14.7 Å². The average molecular weight is 172 g/mol. The number of hydrogen-bond acceptors (Lipinski definition) is 3. The van der Waals surface area contributed by atoms with Crippen LogP contribution in [0.25, 0.3) is 0 Å². The summed E-state index contributed by atoms with van der Waals surface area (Å²) in [5, 5.41) is 0.872. The Hall–Kier alpha value is -0.510. The number of thioether (sulfide) groups is 1. The van der Waals surface area contributed by atoms with Gasteiger partial charge < -0.3 is 0 Å². The predicted octanol–water partition coefficient (Wildman–Crippen LogP) is 0.958. The van der Waals surface area contributed by atoms with Gasteiger partial charge in [-0.25, -0.2) is 0 Å². The summed E-state index contributed by atoms with van der Waals surface area (Å²) in [6.45, 7) is 2.89. The standard InChI is InChI=1S/C7H12N2OS/c1-3-4-8-7-9(2)6(10)5-11-7/h3-5H2,1-2H3/b8-7+. The second-order valence-corrected chi connectivity index (χ2v) is 3.35. The molecule has 0 atom stereocenters. The smallest absolute Gasteiger partial charge is 0.238 e. The number of hydrogen-bond donors (Lipinski definition) is 0. The molecule has 1 fully saturated rings. The van der Waals surface area contributed by atoms with E-state index in [0.717, 1.165) is 18.1 Å². The Kier molecular flexibility index (Phi) is 2.93. The highest BCUT2D eigenvalue weighted by Crippen LogP contribution is 2.16. The maximum Gasteiger partial charge on any atom is 0.238 e. The van der Waals surface area contributed by atoms with Crippen molar-refractivity contribution >= 4 is 22.8 Å². The number of amides is 1. The molecule has 0 unspecified atom stereocenters. The van der Waals surface area contributed by atoms with Gasteiger partial charge >= 0.3 is 0 Å². The van der Waals surface area contributed by atoms with E-state index in [1.807, 2.05) is 0 Å². The summed E-state index contributed by atoms with van der Waals surface area (Å²) in [5.74, 6) is 0.712. The van der Waals surface area contributed by atoms with Crippen LogP contribution in [0.1, 0.15) is 13.3 Å². The van der Waals surface area contributed by atoms with Gasteiger partial charge in [0.15, 0.2) is 5.17 Å². The molecule has 1 rings (SSSR count). The molecular formula is C7H12N2OS. The summed E-state index contributed by atoms with van der Waals surface area (Å²) in [4.78, 5) is 16.9. The van der Waals surface area contributed by atoms with E-state index in [0.29, 0.717) is 5.75 Å². The van der Waals surface area contributed by atoms with Crippen LogP contribution >= 0.6 is 11.8 Å². The zero-order valence-electron chi connectivity index (χ0n) is 6.83. The molecule has 0 radical (unpaired) electrons. The minimum Gasteiger partial charge on any atom is -0.294 e. The van der Waals surface area contributed by atoms with Crippen LogP contribution in [0, 0.1) is 0 Å². The van der Waals surface area contributed by atoms with Crippen molar-refractivity contribution in [2.24, 2.45) is 4.99 Å². The summed E-state index contributed by atoms with van der Waals surface area (Å²) >= 11 is 1.52. The monoisotopic (exact) mass is 172 g/mol. The number of carbonyl (C=O) groups is 1. The van der Waals surface area contributed by atoms with E-state index in [4.69, 9.17) is 0 Å². The topological polar surface area (TPSA) is 32.7 Å². The second-order valence-electron chi connectivity index (χ2n) is 2.41. The SMILES string of the molecule is CCC/N=C1/SCC(=O)N1C. The molecule has 0 N–H and O–H groups in total. The first-order chi connectivity index (χ1) is 5.25. The molecule has 1 saturated heterocycles. The first-order valence-corrected chi connectivity index (χ1v) is 4.68. The summed E-state index contributed by atoms with van der Waals surface area (Å²) in [5.41, 5.74) is 0. The highest BCUT2D eigenvalue weighted by molar-refractivity contribution is 8.15. The van der Waals surface area contributed by atoms with Crippen LogP contribution in [-0.2, 0) is 4.79 Å². The molecule has 0 aromatic rings. The molecule has 0 aromatic carbocycles. The van der Waals surface area contributed by atoms with Gasteiger partial charge in [-0.15, -0.1) is 0 Å². The molecule has 0 aliphatic carbocycles. The predicted molar refractivity (Wildman–Crippen MR) is 47.8 cm³/mol. The van der Waals surface area contributed by atoms with Crippen LogP contribution in [0.15, 0.2) is 4.99 Å². The zero-order valence-corrected chi connectivity index (χ0v) is 7.65. The number of aliphatic imine (C=N–C) groups is 1. The lowest BCUT2D eigenvalue weighted by atomic mass is 10.5. The van der Waals surface area contributed by atoms with E-state index in [-0.39, 0.29) is 5.91 Å². The molecule has 4 heteroatoms. The van der Waals surface area contributed by atoms with E-state index >= 15 is 0 Å². The Bertz CT molecular complexity index is 191. The van der Waals surface area contributed by atoms with Crippen molar-refractivity contribution in [3.63, 3.8) is 0 Å². The zero-order chi connectivity index (χ0) is 8.27. The minimum atomic E-state index is 0.157. The molecule has 3 nitrogen and oxygen atoms in total. The van der Waals surface area contributed by atoms with Gasteiger partial charge in [0.25, 0.3) is 0 Å². The van der Waals surface area contributed by atoms with Crippen LogP contribution in [0.3, 0.4) is 0 Å². The summed E-state index contributed by atoms with van der Waals surface area (Å²) in [7, 11) is 1.77. The molecule has 62 valence electrons. The lowest BCUT2D eigenvalue weighted by Gasteiger charge is -2.06. The minimum absolute atomic E-state index is 0.157. The van der Waals surface area contributed by atoms with Crippen molar-refractivity contribution in [1.29, 1.82) is 0 Å². The molecule has 0 bridgehead atoms. The van der Waals surface area contributed by atoms with Crippen LogP contribution in [0.2, 0.25) is 0 Å². The van der Waals surface area contributed by atoms with Crippen molar-refractivity contribution in [3.05, 3.63) is 0 Å². The Balaban J connectivity index is 2.54. The Morgan fingerprint density at radius 2 is 2.45 bits per heavy atom. The summed E-state index contributed by atoms with van der Waals surface area (Å²) in [6, 6.07) is 0. The van der Waals surface area contributed by atoms with E-state index in [1.165, 1.54) is 11.8 Å². The lowest BCUT2D eigenvalue weighted by Crippen LogP contribution is -2.24. The largest absolute Gasteiger partial charge is 0.294 e. The van der Waals surface area contributed by atoms with Gasteiger partial charge in [0.05, 0.1) is 5.75 Å². The summed E-state index contributed by atoms with van der Waals surface area (Å²) < 4.78 is 0. The quantitative estimate of drug-likeness (QED) is 0.621. The van der Waals surface area contributed by atoms with Crippen molar-refractivity contribution in [3.8, 4) is 0 Å². The highest BCUT2D eigenvalue weighted by Gasteiger charge is 2.23. The molecule has 0 aromatic heterocycles. The van der Waals surface area contributed by atoms with Crippen LogP contribution in [0.5, 0.6) is 0 Å². The van der Waals surface area contributed by atoms with Crippen molar-refractivity contribution in [2.45, 2.75) is 13.3 Å². The Labute approximate surface area is 70.9 Å². The fraction of sp³-hybridized carbons (Fsp3) is 0.714. The Morgan fingerprint density at radius 3 is 2.91 bits per heavy atom. The van der Waals surface area contributed by atoms with E-state index in [1.54, 1.807) is 11.9 Å². The Morgan fingerprint density at radius 1 is 1.73 bits per heavy atom. The third kappa shape index (κ3) is 1.96. The second kappa shape index (κ2) is 3.76. The van der Waals surface area contributed by atoms with Crippen LogP contribution in [0.4, 0.5) is 0 Å². The molecule has 1 amide bonds. The molecule has 11 heavy (non-hydrogen) atoms. The fourth-order valence-corrected chi connectivity index (χ4v) is 1.71. The summed E-state index contributed by atoms with van der Waals surface area (Å²) in [6.07, 6.45) is 1.03. The van der Waals surface area contributed by atoms with Crippen LogP contribution < -0.4 is 0 Å². The maximum atomic E-state index is 11.0. The van der Waals surface area contributed by atoms with Crippen molar-refractivity contribution in [1.82, 2.24) is 4.90 Å². The fourth-order valence-electron chi connectivity index (χ4n) is 0.786. The van der Waals surface area contributed by atoms with Gasteiger partial charge in [-0.2, -0.15) is 0 Å². The van der Waals surface area contributed by atoms with Gasteiger partial charge in [0.2, 0.25) is 5.91 Å². The third-order valence-corrected chi connectivity index (χ3v) is 2.51. The average Bonchev–Trinajstić information content (AvgIpc) is 2.31. The molecule has 0 saturated carbocycles. The van der Waals surface area contributed by atoms with Gasteiger partial charge in [-0.05, 0) is 6.42 Å². The first-order valence-electron chi connectivity index (χ1n) is 3.69.